The van der Waals surface area contributed by atoms with Gasteiger partial charge in [-0.1, -0.05) is 35.9 Å². The van der Waals surface area contributed by atoms with E-state index in [9.17, 15) is 4.79 Å². The van der Waals surface area contributed by atoms with Crippen LogP contribution < -0.4 is 0 Å². The van der Waals surface area contributed by atoms with Crippen LogP contribution in [0.5, 0.6) is 0 Å². The molecule has 0 fully saturated rings. The van der Waals surface area contributed by atoms with Gasteiger partial charge in [-0.25, -0.2) is 4.98 Å². The molecular formula is C17H14ClN3O. The first-order chi connectivity index (χ1) is 10.7. The van der Waals surface area contributed by atoms with Gasteiger partial charge in [0.15, 0.2) is 0 Å². The van der Waals surface area contributed by atoms with Gasteiger partial charge in [-0.05, 0) is 24.3 Å². The van der Waals surface area contributed by atoms with E-state index in [0.29, 0.717) is 23.7 Å². The molecule has 0 unspecified atom stereocenters. The largest absolute Gasteiger partial charge is 0.329 e. The number of hydrogen-bond donors (Lipinski definition) is 0. The third-order valence-corrected chi connectivity index (χ3v) is 4.38. The summed E-state index contributed by atoms with van der Waals surface area (Å²) in [5.74, 6) is 0.886. The van der Waals surface area contributed by atoms with Crippen LogP contribution in [0, 0.1) is 0 Å². The summed E-state index contributed by atoms with van der Waals surface area (Å²) < 4.78 is 2.19. The first-order valence-electron chi connectivity index (χ1n) is 7.22. The number of halogens is 1. The van der Waals surface area contributed by atoms with Gasteiger partial charge in [0.25, 0.3) is 5.91 Å². The van der Waals surface area contributed by atoms with Crippen molar-refractivity contribution in [2.75, 3.05) is 6.54 Å². The Labute approximate surface area is 132 Å². The summed E-state index contributed by atoms with van der Waals surface area (Å²) in [5, 5.41) is 0.492. The van der Waals surface area contributed by atoms with E-state index in [-0.39, 0.29) is 5.91 Å². The number of rotatable bonds is 1. The predicted molar refractivity (Wildman–Crippen MR) is 85.9 cm³/mol. The number of aromatic nitrogens is 2. The quantitative estimate of drug-likeness (QED) is 0.691. The Morgan fingerprint density at radius 1 is 1.05 bits per heavy atom. The van der Waals surface area contributed by atoms with Crippen molar-refractivity contribution in [2.24, 2.45) is 0 Å². The number of benzene rings is 2. The molecule has 4 rings (SSSR count). The van der Waals surface area contributed by atoms with Gasteiger partial charge in [-0.15, -0.1) is 0 Å². The number of fused-ring (bicyclic) bond motifs is 3. The second kappa shape index (κ2) is 5.14. The molecular weight excluding hydrogens is 298 g/mol. The zero-order chi connectivity index (χ0) is 15.1. The SMILES string of the molecule is O=C(c1ccccc1Cl)N1CCn2c(nc3ccccc32)C1. The van der Waals surface area contributed by atoms with Gasteiger partial charge in [0.1, 0.15) is 5.82 Å². The molecule has 1 amide bonds. The van der Waals surface area contributed by atoms with Gasteiger partial charge in [-0.3, -0.25) is 4.79 Å². The van der Waals surface area contributed by atoms with Crippen LogP contribution in [0.2, 0.25) is 5.02 Å². The van der Waals surface area contributed by atoms with E-state index in [1.807, 2.05) is 35.2 Å². The molecule has 2 aromatic carbocycles. The van der Waals surface area contributed by atoms with Crippen molar-refractivity contribution in [1.29, 1.82) is 0 Å². The molecule has 1 aliphatic rings. The first kappa shape index (κ1) is 13.3. The van der Waals surface area contributed by atoms with E-state index in [0.717, 1.165) is 23.4 Å². The van der Waals surface area contributed by atoms with Crippen LogP contribution in [0.4, 0.5) is 0 Å². The minimum absolute atomic E-state index is 0.0380. The summed E-state index contributed by atoms with van der Waals surface area (Å²) in [4.78, 5) is 19.1. The summed E-state index contributed by atoms with van der Waals surface area (Å²) in [5.41, 5.74) is 2.65. The molecule has 0 spiro atoms. The highest BCUT2D eigenvalue weighted by Gasteiger charge is 2.25. The van der Waals surface area contributed by atoms with Crippen molar-refractivity contribution >= 4 is 28.5 Å². The van der Waals surface area contributed by atoms with Crippen molar-refractivity contribution in [3.63, 3.8) is 0 Å². The maximum Gasteiger partial charge on any atom is 0.255 e. The number of carbonyl (C=O) groups excluding carboxylic acids is 1. The fourth-order valence-corrected chi connectivity index (χ4v) is 3.16. The zero-order valence-corrected chi connectivity index (χ0v) is 12.6. The Balaban J connectivity index is 1.67. The van der Waals surface area contributed by atoms with Crippen LogP contribution in [0.1, 0.15) is 16.2 Å². The predicted octanol–water partition coefficient (Wildman–Crippen LogP) is 3.35. The van der Waals surface area contributed by atoms with Crippen molar-refractivity contribution < 1.29 is 4.79 Å². The van der Waals surface area contributed by atoms with Crippen molar-refractivity contribution in [2.45, 2.75) is 13.1 Å². The highest BCUT2D eigenvalue weighted by Crippen LogP contribution is 2.23. The molecule has 0 bridgehead atoms. The average Bonchev–Trinajstić information content (AvgIpc) is 2.92. The van der Waals surface area contributed by atoms with Gasteiger partial charge in [-0.2, -0.15) is 0 Å². The fraction of sp³-hybridized carbons (Fsp3) is 0.176. The molecule has 0 radical (unpaired) electrons. The van der Waals surface area contributed by atoms with Crippen LogP contribution in [-0.4, -0.2) is 26.9 Å². The Hall–Kier alpha value is -2.33. The molecule has 1 aromatic heterocycles. The van der Waals surface area contributed by atoms with E-state index in [4.69, 9.17) is 11.6 Å². The number of hydrogen-bond acceptors (Lipinski definition) is 2. The molecule has 4 nitrogen and oxygen atoms in total. The summed E-state index contributed by atoms with van der Waals surface area (Å²) >= 11 is 6.13. The zero-order valence-electron chi connectivity index (χ0n) is 11.9. The first-order valence-corrected chi connectivity index (χ1v) is 7.60. The smallest absolute Gasteiger partial charge is 0.255 e. The molecule has 0 aliphatic carbocycles. The number of para-hydroxylation sites is 2. The maximum absolute atomic E-state index is 12.6. The van der Waals surface area contributed by atoms with Gasteiger partial charge >= 0.3 is 0 Å². The molecule has 0 N–H and O–H groups in total. The summed E-state index contributed by atoms with van der Waals surface area (Å²) in [6, 6.07) is 15.2. The van der Waals surface area contributed by atoms with Gasteiger partial charge in [0, 0.05) is 13.1 Å². The van der Waals surface area contributed by atoms with Crippen LogP contribution >= 0.6 is 11.6 Å². The van der Waals surface area contributed by atoms with Crippen LogP contribution in [0.25, 0.3) is 11.0 Å². The lowest BCUT2D eigenvalue weighted by Crippen LogP contribution is -2.38. The third-order valence-electron chi connectivity index (χ3n) is 4.05. The second-order valence-corrected chi connectivity index (χ2v) is 5.78. The average molecular weight is 312 g/mol. The van der Waals surface area contributed by atoms with Crippen LogP contribution in [0.15, 0.2) is 48.5 Å². The van der Waals surface area contributed by atoms with E-state index in [1.54, 1.807) is 12.1 Å². The molecule has 0 atom stereocenters. The Kier molecular flexibility index (Phi) is 3.12. The third kappa shape index (κ3) is 2.07. The summed E-state index contributed by atoms with van der Waals surface area (Å²) in [6.07, 6.45) is 0. The van der Waals surface area contributed by atoms with Gasteiger partial charge in [0.05, 0.1) is 28.2 Å². The second-order valence-electron chi connectivity index (χ2n) is 5.37. The normalized spacial score (nSPS) is 14.1. The molecule has 3 aromatic rings. The maximum atomic E-state index is 12.6. The fourth-order valence-electron chi connectivity index (χ4n) is 2.94. The van der Waals surface area contributed by atoms with Gasteiger partial charge < -0.3 is 9.47 Å². The van der Waals surface area contributed by atoms with E-state index >= 15 is 0 Å². The Morgan fingerprint density at radius 3 is 2.68 bits per heavy atom. The lowest BCUT2D eigenvalue weighted by molar-refractivity contribution is 0.0709. The van der Waals surface area contributed by atoms with Crippen molar-refractivity contribution in [3.05, 3.63) is 64.9 Å². The molecule has 5 heteroatoms. The Bertz CT molecular complexity index is 871. The molecule has 110 valence electrons. The molecule has 0 saturated heterocycles. The Morgan fingerprint density at radius 2 is 1.82 bits per heavy atom. The highest BCUT2D eigenvalue weighted by molar-refractivity contribution is 6.33. The van der Waals surface area contributed by atoms with E-state index in [2.05, 4.69) is 15.6 Å². The number of carbonyl (C=O) groups is 1. The molecule has 0 saturated carbocycles. The minimum atomic E-state index is -0.0380. The summed E-state index contributed by atoms with van der Waals surface area (Å²) in [7, 11) is 0. The summed E-state index contributed by atoms with van der Waals surface area (Å²) in [6.45, 7) is 1.93. The van der Waals surface area contributed by atoms with Gasteiger partial charge in [0.2, 0.25) is 0 Å². The lowest BCUT2D eigenvalue weighted by atomic mass is 10.2. The number of imidazole rings is 1. The van der Waals surface area contributed by atoms with E-state index < -0.39 is 0 Å². The van der Waals surface area contributed by atoms with Crippen LogP contribution in [0.3, 0.4) is 0 Å². The lowest BCUT2D eigenvalue weighted by Gasteiger charge is -2.28. The minimum Gasteiger partial charge on any atom is -0.329 e. The molecule has 22 heavy (non-hydrogen) atoms. The highest BCUT2D eigenvalue weighted by atomic mass is 35.5. The van der Waals surface area contributed by atoms with E-state index in [1.165, 1.54) is 0 Å². The van der Waals surface area contributed by atoms with Crippen LogP contribution in [-0.2, 0) is 13.1 Å². The topological polar surface area (TPSA) is 38.1 Å². The van der Waals surface area contributed by atoms with Crippen molar-refractivity contribution in [1.82, 2.24) is 14.5 Å². The molecule has 2 heterocycles. The number of nitrogens with zero attached hydrogens (tertiary/aromatic N) is 3. The number of amides is 1. The van der Waals surface area contributed by atoms with Crippen molar-refractivity contribution in [3.8, 4) is 0 Å². The molecule has 1 aliphatic heterocycles. The standard InChI is InChI=1S/C17H14ClN3O/c18-13-6-2-1-5-12(13)17(22)20-9-10-21-15-8-4-3-7-14(15)19-16(21)11-20/h1-8H,9-11H2. The monoisotopic (exact) mass is 311 g/mol.